The SMILES string of the molecule is O=C(NO)[C@H]1CN(C(=O)Nc2ccc(F)cc2F)CCN1S(=O)(=O)N1CCC(c2ccc(F)cc2)CC1. The van der Waals surface area contributed by atoms with E-state index < -0.39 is 46.4 Å². The van der Waals surface area contributed by atoms with Gasteiger partial charge in [0.25, 0.3) is 16.1 Å². The molecule has 2 aromatic carbocycles. The summed E-state index contributed by atoms with van der Waals surface area (Å²) in [4.78, 5) is 26.2. The molecule has 2 aliphatic heterocycles. The number of piperazine rings is 1. The Balaban J connectivity index is 1.44. The monoisotopic (exact) mass is 541 g/mol. The Morgan fingerprint density at radius 3 is 2.19 bits per heavy atom. The Hall–Kier alpha value is -3.20. The van der Waals surface area contributed by atoms with Crippen LogP contribution in [-0.2, 0) is 15.0 Å². The first-order valence-electron chi connectivity index (χ1n) is 11.6. The van der Waals surface area contributed by atoms with E-state index in [1.807, 2.05) is 0 Å². The van der Waals surface area contributed by atoms with Crippen LogP contribution in [0.3, 0.4) is 0 Å². The molecule has 0 saturated carbocycles. The van der Waals surface area contributed by atoms with Crippen LogP contribution in [0.4, 0.5) is 23.7 Å². The van der Waals surface area contributed by atoms with Gasteiger partial charge in [0.05, 0.1) is 5.69 Å². The minimum absolute atomic E-state index is 0.0518. The highest BCUT2D eigenvalue weighted by Crippen LogP contribution is 2.31. The molecule has 0 spiro atoms. The lowest BCUT2D eigenvalue weighted by molar-refractivity contribution is -0.134. The second kappa shape index (κ2) is 11.0. The van der Waals surface area contributed by atoms with E-state index in [9.17, 15) is 36.4 Å². The Kier molecular flexibility index (Phi) is 8.02. The predicted octanol–water partition coefficient (Wildman–Crippen LogP) is 2.25. The van der Waals surface area contributed by atoms with Crippen LogP contribution in [0.5, 0.6) is 0 Å². The third-order valence-electron chi connectivity index (χ3n) is 6.62. The summed E-state index contributed by atoms with van der Waals surface area (Å²) in [6.45, 7) is -0.441. The summed E-state index contributed by atoms with van der Waals surface area (Å²) in [5, 5.41) is 11.5. The van der Waals surface area contributed by atoms with Gasteiger partial charge in [-0.1, -0.05) is 12.1 Å². The minimum Gasteiger partial charge on any atom is -0.321 e. The van der Waals surface area contributed by atoms with Crippen LogP contribution >= 0.6 is 0 Å². The molecule has 3 amide bonds. The molecule has 2 heterocycles. The number of halogens is 3. The van der Waals surface area contributed by atoms with Crippen molar-refractivity contribution < 1.29 is 36.4 Å². The third kappa shape index (κ3) is 5.87. The molecule has 37 heavy (non-hydrogen) atoms. The summed E-state index contributed by atoms with van der Waals surface area (Å²) in [5.41, 5.74) is 2.07. The van der Waals surface area contributed by atoms with Gasteiger partial charge in [-0.25, -0.2) is 23.4 Å². The molecule has 0 aliphatic carbocycles. The van der Waals surface area contributed by atoms with E-state index in [1.165, 1.54) is 21.9 Å². The second-order valence-electron chi connectivity index (χ2n) is 8.84. The summed E-state index contributed by atoms with van der Waals surface area (Å²) >= 11 is 0. The number of urea groups is 1. The number of benzene rings is 2. The van der Waals surface area contributed by atoms with Crippen molar-refractivity contribution in [1.29, 1.82) is 0 Å². The van der Waals surface area contributed by atoms with E-state index in [1.54, 1.807) is 12.1 Å². The topological polar surface area (TPSA) is 122 Å². The van der Waals surface area contributed by atoms with Gasteiger partial charge in [0.1, 0.15) is 23.5 Å². The Morgan fingerprint density at radius 1 is 0.919 bits per heavy atom. The van der Waals surface area contributed by atoms with E-state index >= 15 is 0 Å². The number of amides is 3. The second-order valence-corrected chi connectivity index (χ2v) is 10.7. The fourth-order valence-corrected chi connectivity index (χ4v) is 6.37. The van der Waals surface area contributed by atoms with Crippen LogP contribution in [0.15, 0.2) is 42.5 Å². The molecule has 0 unspecified atom stereocenters. The van der Waals surface area contributed by atoms with Crippen molar-refractivity contribution in [3.8, 4) is 0 Å². The van der Waals surface area contributed by atoms with Gasteiger partial charge in [-0.3, -0.25) is 10.0 Å². The summed E-state index contributed by atoms with van der Waals surface area (Å²) in [6.07, 6.45) is 0.987. The number of carbonyl (C=O) groups excluding carboxylic acids is 2. The van der Waals surface area contributed by atoms with Crippen molar-refractivity contribution in [2.75, 3.05) is 38.0 Å². The van der Waals surface area contributed by atoms with E-state index in [0.717, 1.165) is 26.9 Å². The van der Waals surface area contributed by atoms with E-state index in [2.05, 4.69) is 5.32 Å². The number of anilines is 1. The van der Waals surface area contributed by atoms with Crippen molar-refractivity contribution in [2.45, 2.75) is 24.8 Å². The van der Waals surface area contributed by atoms with E-state index in [-0.39, 0.29) is 43.6 Å². The maximum absolute atomic E-state index is 13.9. The number of rotatable bonds is 5. The van der Waals surface area contributed by atoms with Gasteiger partial charge in [-0.2, -0.15) is 17.0 Å². The molecule has 10 nitrogen and oxygen atoms in total. The molecule has 2 fully saturated rings. The molecular weight excluding hydrogens is 515 g/mol. The van der Waals surface area contributed by atoms with Crippen molar-refractivity contribution in [2.24, 2.45) is 0 Å². The van der Waals surface area contributed by atoms with Gasteiger partial charge in [0.15, 0.2) is 0 Å². The number of nitrogens with zero attached hydrogens (tertiary/aromatic N) is 3. The van der Waals surface area contributed by atoms with Crippen LogP contribution in [-0.4, -0.2) is 77.8 Å². The van der Waals surface area contributed by atoms with Gasteiger partial charge < -0.3 is 10.2 Å². The molecule has 0 radical (unpaired) electrons. The van der Waals surface area contributed by atoms with Gasteiger partial charge >= 0.3 is 6.03 Å². The number of piperidine rings is 1. The molecular formula is C23H26F3N5O5S. The van der Waals surface area contributed by atoms with Crippen LogP contribution in [0.1, 0.15) is 24.3 Å². The maximum Gasteiger partial charge on any atom is 0.322 e. The molecule has 0 bridgehead atoms. The largest absolute Gasteiger partial charge is 0.322 e. The average Bonchev–Trinajstić information content (AvgIpc) is 2.90. The summed E-state index contributed by atoms with van der Waals surface area (Å²) in [7, 11) is -4.15. The fraction of sp³-hybridized carbons (Fsp3) is 0.391. The predicted molar refractivity (Wildman–Crippen MR) is 126 cm³/mol. The maximum atomic E-state index is 13.9. The highest BCUT2D eigenvalue weighted by Gasteiger charge is 2.44. The standard InChI is InChI=1S/C23H26F3N5O5S/c24-17-3-1-15(2-4-17)16-7-9-30(10-8-16)37(35,36)31-12-11-29(14-21(31)22(32)28-34)23(33)27-20-6-5-18(25)13-19(20)26/h1-6,13,16,21,34H,7-12,14H2,(H,27,33)(H,28,32)/t21-/m1/s1. The minimum atomic E-state index is -4.15. The first-order valence-corrected chi connectivity index (χ1v) is 13.0. The highest BCUT2D eigenvalue weighted by atomic mass is 32.2. The normalized spacial score (nSPS) is 20.0. The quantitative estimate of drug-likeness (QED) is 0.396. The number of hydrogen-bond donors (Lipinski definition) is 3. The zero-order valence-electron chi connectivity index (χ0n) is 19.6. The van der Waals surface area contributed by atoms with Gasteiger partial charge in [-0.15, -0.1) is 0 Å². The molecule has 2 aliphatic rings. The molecule has 3 N–H and O–H groups in total. The number of hydroxylamine groups is 1. The van der Waals surface area contributed by atoms with Crippen molar-refractivity contribution in [3.05, 3.63) is 65.5 Å². The van der Waals surface area contributed by atoms with Crippen LogP contribution < -0.4 is 10.8 Å². The van der Waals surface area contributed by atoms with Gasteiger partial charge in [-0.05, 0) is 48.6 Å². The lowest BCUT2D eigenvalue weighted by Crippen LogP contribution is -2.64. The Morgan fingerprint density at radius 2 is 1.57 bits per heavy atom. The molecule has 2 saturated heterocycles. The van der Waals surface area contributed by atoms with Crippen LogP contribution in [0, 0.1) is 17.5 Å². The first-order chi connectivity index (χ1) is 17.6. The summed E-state index contributed by atoms with van der Waals surface area (Å²) in [5.74, 6) is -3.15. The zero-order chi connectivity index (χ0) is 26.7. The van der Waals surface area contributed by atoms with Crippen molar-refractivity contribution in [1.82, 2.24) is 19.0 Å². The smallest absolute Gasteiger partial charge is 0.321 e. The van der Waals surface area contributed by atoms with Gasteiger partial charge in [0.2, 0.25) is 0 Å². The van der Waals surface area contributed by atoms with Crippen LogP contribution in [0.2, 0.25) is 0 Å². The van der Waals surface area contributed by atoms with E-state index in [0.29, 0.717) is 18.9 Å². The zero-order valence-corrected chi connectivity index (χ0v) is 20.4. The van der Waals surface area contributed by atoms with Crippen molar-refractivity contribution >= 4 is 27.8 Å². The highest BCUT2D eigenvalue weighted by molar-refractivity contribution is 7.86. The Labute approximate surface area is 211 Å². The lowest BCUT2D eigenvalue weighted by Gasteiger charge is -2.42. The molecule has 4 rings (SSSR count). The number of carbonyl (C=O) groups is 2. The summed E-state index contributed by atoms with van der Waals surface area (Å²) < 4.78 is 69.4. The summed E-state index contributed by atoms with van der Waals surface area (Å²) in [6, 6.07) is 6.40. The number of nitrogens with one attached hydrogen (secondary N) is 2. The molecule has 2 aromatic rings. The van der Waals surface area contributed by atoms with E-state index in [4.69, 9.17) is 0 Å². The molecule has 200 valence electrons. The van der Waals surface area contributed by atoms with Gasteiger partial charge in [0, 0.05) is 38.8 Å². The fourth-order valence-electron chi connectivity index (χ4n) is 4.60. The van der Waals surface area contributed by atoms with Crippen molar-refractivity contribution in [3.63, 3.8) is 0 Å². The molecule has 1 atom stereocenters. The Bertz CT molecular complexity index is 1260. The first kappa shape index (κ1) is 26.9. The molecule has 0 aromatic heterocycles. The third-order valence-corrected chi connectivity index (χ3v) is 8.67. The van der Waals surface area contributed by atoms with Crippen LogP contribution in [0.25, 0.3) is 0 Å². The average molecular weight is 542 g/mol. The molecule has 14 heteroatoms. The number of hydrogen-bond acceptors (Lipinski definition) is 5. The lowest BCUT2D eigenvalue weighted by atomic mass is 9.90.